The standard InChI is InChI=1S/C13H23ClN4O5S/c1-8(2)10(16-13(22)18(17-23)6-5-14)11(19)15-9(12(20)21)4-7-24-3/h8-10H,4-7H2,1-3H3,(H,15,19)(H,16,22)(H,20,21)/t9-,10-/m0/s1. The van der Waals surface area contributed by atoms with Gasteiger partial charge in [0.05, 0.1) is 11.8 Å². The van der Waals surface area contributed by atoms with E-state index in [9.17, 15) is 19.3 Å². The number of nitroso groups, excluding NO2 is 1. The van der Waals surface area contributed by atoms with Gasteiger partial charge >= 0.3 is 12.0 Å². The van der Waals surface area contributed by atoms with Gasteiger partial charge in [-0.3, -0.25) is 4.79 Å². The molecule has 0 bridgehead atoms. The molecule has 0 aliphatic heterocycles. The zero-order chi connectivity index (χ0) is 18.7. The number of carboxylic acids is 1. The molecular formula is C13H23ClN4O5S. The number of aliphatic carboxylic acids is 1. The molecule has 0 saturated carbocycles. The van der Waals surface area contributed by atoms with Crippen LogP contribution in [-0.4, -0.2) is 64.5 Å². The number of halogens is 1. The van der Waals surface area contributed by atoms with Gasteiger partial charge in [0, 0.05) is 5.88 Å². The summed E-state index contributed by atoms with van der Waals surface area (Å²) in [6.07, 6.45) is 2.09. The molecule has 0 aromatic carbocycles. The number of amides is 3. The number of carbonyl (C=O) groups is 3. The lowest BCUT2D eigenvalue weighted by atomic mass is 10.0. The van der Waals surface area contributed by atoms with Crippen molar-refractivity contribution in [2.24, 2.45) is 11.2 Å². The zero-order valence-corrected chi connectivity index (χ0v) is 15.4. The number of rotatable bonds is 11. The highest BCUT2D eigenvalue weighted by Gasteiger charge is 2.30. The molecule has 9 nitrogen and oxygen atoms in total. The molecule has 0 heterocycles. The van der Waals surface area contributed by atoms with Crippen LogP contribution in [0.1, 0.15) is 20.3 Å². The van der Waals surface area contributed by atoms with Crippen LogP contribution in [0.15, 0.2) is 5.29 Å². The van der Waals surface area contributed by atoms with E-state index in [1.165, 1.54) is 11.8 Å². The van der Waals surface area contributed by atoms with Crippen molar-refractivity contribution in [1.82, 2.24) is 15.6 Å². The maximum absolute atomic E-state index is 12.3. The van der Waals surface area contributed by atoms with Crippen molar-refractivity contribution in [1.29, 1.82) is 0 Å². The van der Waals surface area contributed by atoms with Crippen LogP contribution in [0, 0.1) is 10.8 Å². The predicted molar refractivity (Wildman–Crippen MR) is 92.9 cm³/mol. The van der Waals surface area contributed by atoms with Crippen LogP contribution >= 0.6 is 23.4 Å². The molecule has 0 aromatic heterocycles. The molecule has 3 N–H and O–H groups in total. The Bertz CT molecular complexity index is 452. The Labute approximate surface area is 149 Å². The van der Waals surface area contributed by atoms with E-state index in [2.05, 4.69) is 15.9 Å². The van der Waals surface area contributed by atoms with Gasteiger partial charge in [0.15, 0.2) is 0 Å². The van der Waals surface area contributed by atoms with Crippen LogP contribution in [0.5, 0.6) is 0 Å². The number of carbonyl (C=O) groups excluding carboxylic acids is 2. The topological polar surface area (TPSA) is 128 Å². The number of thioether (sulfide) groups is 1. The van der Waals surface area contributed by atoms with E-state index in [1.54, 1.807) is 13.8 Å². The first-order valence-electron chi connectivity index (χ1n) is 7.27. The average Bonchev–Trinajstić information content (AvgIpc) is 2.52. The largest absolute Gasteiger partial charge is 0.480 e. The number of hydrogen-bond donors (Lipinski definition) is 3. The summed E-state index contributed by atoms with van der Waals surface area (Å²) in [6.45, 7) is 3.26. The highest BCUT2D eigenvalue weighted by atomic mass is 35.5. The Morgan fingerprint density at radius 1 is 1.29 bits per heavy atom. The first kappa shape index (κ1) is 22.4. The number of carboxylic acid groups (broad SMARTS) is 1. The molecule has 2 atom stereocenters. The fraction of sp³-hybridized carbons (Fsp3) is 0.769. The number of hydrogen-bond acceptors (Lipinski definition) is 6. The highest BCUT2D eigenvalue weighted by Crippen LogP contribution is 2.07. The molecule has 0 aromatic rings. The van der Waals surface area contributed by atoms with Crippen molar-refractivity contribution in [3.8, 4) is 0 Å². The van der Waals surface area contributed by atoms with E-state index in [0.29, 0.717) is 10.8 Å². The first-order chi connectivity index (χ1) is 11.3. The third-order valence-electron chi connectivity index (χ3n) is 3.08. The summed E-state index contributed by atoms with van der Waals surface area (Å²) in [5.41, 5.74) is 0. The molecule has 0 aliphatic rings. The molecule has 0 fully saturated rings. The van der Waals surface area contributed by atoms with E-state index in [-0.39, 0.29) is 24.8 Å². The summed E-state index contributed by atoms with van der Waals surface area (Å²) in [6, 6.07) is -2.92. The smallest absolute Gasteiger partial charge is 0.341 e. The molecule has 24 heavy (non-hydrogen) atoms. The molecule has 138 valence electrons. The van der Waals surface area contributed by atoms with E-state index in [4.69, 9.17) is 16.7 Å². The van der Waals surface area contributed by atoms with Crippen LogP contribution in [-0.2, 0) is 9.59 Å². The second kappa shape index (κ2) is 11.9. The van der Waals surface area contributed by atoms with Gasteiger partial charge in [-0.05, 0) is 24.3 Å². The molecule has 0 radical (unpaired) electrons. The monoisotopic (exact) mass is 382 g/mol. The van der Waals surface area contributed by atoms with E-state index >= 15 is 0 Å². The van der Waals surface area contributed by atoms with Gasteiger partial charge in [0.25, 0.3) is 0 Å². The van der Waals surface area contributed by atoms with Crippen molar-refractivity contribution >= 4 is 41.3 Å². The molecular weight excluding hydrogens is 360 g/mol. The first-order valence-corrected chi connectivity index (χ1v) is 9.20. The van der Waals surface area contributed by atoms with Gasteiger partial charge in [0.1, 0.15) is 12.1 Å². The third kappa shape index (κ3) is 7.82. The van der Waals surface area contributed by atoms with Gasteiger partial charge in [-0.1, -0.05) is 13.8 Å². The van der Waals surface area contributed by atoms with Crippen molar-refractivity contribution < 1.29 is 19.5 Å². The molecule has 0 unspecified atom stereocenters. The second-order valence-corrected chi connectivity index (χ2v) is 6.61. The highest BCUT2D eigenvalue weighted by molar-refractivity contribution is 7.98. The lowest BCUT2D eigenvalue weighted by Gasteiger charge is -2.25. The Morgan fingerprint density at radius 3 is 2.33 bits per heavy atom. The van der Waals surface area contributed by atoms with Crippen LogP contribution in [0.2, 0.25) is 0 Å². The Morgan fingerprint density at radius 2 is 1.92 bits per heavy atom. The molecule has 0 rings (SSSR count). The summed E-state index contributed by atoms with van der Waals surface area (Å²) in [4.78, 5) is 46.1. The van der Waals surface area contributed by atoms with E-state index in [1.807, 2.05) is 6.26 Å². The third-order valence-corrected chi connectivity index (χ3v) is 3.90. The van der Waals surface area contributed by atoms with Crippen molar-refractivity contribution in [3.63, 3.8) is 0 Å². The zero-order valence-electron chi connectivity index (χ0n) is 13.8. The molecule has 11 heteroatoms. The van der Waals surface area contributed by atoms with Crippen molar-refractivity contribution in [2.75, 3.05) is 24.4 Å². The maximum Gasteiger partial charge on any atom is 0.341 e. The summed E-state index contributed by atoms with van der Waals surface area (Å²) < 4.78 is 0. The number of nitrogens with one attached hydrogen (secondary N) is 2. The lowest BCUT2D eigenvalue weighted by molar-refractivity contribution is -0.142. The summed E-state index contributed by atoms with van der Waals surface area (Å²) in [5, 5.41) is 17.0. The normalized spacial score (nSPS) is 13.0. The van der Waals surface area contributed by atoms with E-state index in [0.717, 1.165) is 0 Å². The van der Waals surface area contributed by atoms with Crippen LogP contribution in [0.25, 0.3) is 0 Å². The molecule has 3 amide bonds. The minimum absolute atomic E-state index is 0.00742. The SMILES string of the molecule is CSCC[C@H](NC(=O)[C@@H](NC(=O)N(CCCl)N=O)C(C)C)C(=O)O. The summed E-state index contributed by atoms with van der Waals surface area (Å²) >= 11 is 6.93. The fourth-order valence-electron chi connectivity index (χ4n) is 1.76. The van der Waals surface area contributed by atoms with E-state index < -0.39 is 30.0 Å². The van der Waals surface area contributed by atoms with Gasteiger partial charge in [-0.15, -0.1) is 16.5 Å². The summed E-state index contributed by atoms with van der Waals surface area (Å²) in [7, 11) is 0. The average molecular weight is 383 g/mol. The Balaban J connectivity index is 4.96. The number of urea groups is 1. The van der Waals surface area contributed by atoms with Gasteiger partial charge in [-0.2, -0.15) is 16.8 Å². The fourth-order valence-corrected chi connectivity index (χ4v) is 2.39. The number of alkyl halides is 1. The van der Waals surface area contributed by atoms with Crippen molar-refractivity contribution in [3.05, 3.63) is 4.91 Å². The number of nitrogens with zero attached hydrogens (tertiary/aromatic N) is 2. The van der Waals surface area contributed by atoms with Crippen molar-refractivity contribution in [2.45, 2.75) is 32.4 Å². The Kier molecular flexibility index (Phi) is 11.1. The minimum Gasteiger partial charge on any atom is -0.480 e. The molecule has 0 aliphatic carbocycles. The summed E-state index contributed by atoms with van der Waals surface area (Å²) in [5.74, 6) is -1.54. The predicted octanol–water partition coefficient (Wildman–Crippen LogP) is 1.27. The van der Waals surface area contributed by atoms with Crippen LogP contribution < -0.4 is 10.6 Å². The second-order valence-electron chi connectivity index (χ2n) is 5.25. The van der Waals surface area contributed by atoms with Gasteiger partial charge < -0.3 is 15.7 Å². The Hall–Kier alpha value is -1.55. The van der Waals surface area contributed by atoms with Crippen LogP contribution in [0.3, 0.4) is 0 Å². The molecule has 0 spiro atoms. The molecule has 0 saturated heterocycles. The quantitative estimate of drug-likeness (QED) is 0.280. The maximum atomic E-state index is 12.3. The van der Waals surface area contributed by atoms with Gasteiger partial charge in [0.2, 0.25) is 5.91 Å². The van der Waals surface area contributed by atoms with Gasteiger partial charge in [-0.25, -0.2) is 9.59 Å². The lowest BCUT2D eigenvalue weighted by Crippen LogP contribution is -2.55. The van der Waals surface area contributed by atoms with Crippen LogP contribution in [0.4, 0.5) is 4.79 Å². The minimum atomic E-state index is -1.15.